The van der Waals surface area contributed by atoms with Crippen molar-refractivity contribution in [3.8, 4) is 5.88 Å². The van der Waals surface area contributed by atoms with E-state index in [-0.39, 0.29) is 24.2 Å². The fourth-order valence-electron chi connectivity index (χ4n) is 3.40. The highest BCUT2D eigenvalue weighted by Gasteiger charge is 2.47. The van der Waals surface area contributed by atoms with Crippen LogP contribution in [0.5, 0.6) is 5.88 Å². The van der Waals surface area contributed by atoms with Crippen LogP contribution in [0.2, 0.25) is 0 Å². The third-order valence-corrected chi connectivity index (χ3v) is 4.48. The Morgan fingerprint density at radius 2 is 2.21 bits per heavy atom. The first-order chi connectivity index (χ1) is 11.8. The van der Waals surface area contributed by atoms with Gasteiger partial charge in [-0.05, 0) is 25.0 Å². The van der Waals surface area contributed by atoms with Crippen LogP contribution in [0.15, 0.2) is 42.9 Å². The van der Waals surface area contributed by atoms with Crippen molar-refractivity contribution in [2.24, 2.45) is 0 Å². The number of nitrogens with zero attached hydrogens (tertiary/aromatic N) is 4. The number of aromatic nitrogens is 3. The smallest absolute Gasteiger partial charge is 0.256 e. The minimum atomic E-state index is -0.219. The molecule has 0 saturated carbocycles. The van der Waals surface area contributed by atoms with Crippen molar-refractivity contribution in [3.63, 3.8) is 0 Å². The zero-order valence-electron chi connectivity index (χ0n) is 13.1. The van der Waals surface area contributed by atoms with E-state index in [0.717, 1.165) is 12.8 Å². The number of likely N-dealkylation sites (tertiary alicyclic amines) is 1. The summed E-state index contributed by atoms with van der Waals surface area (Å²) in [6, 6.07) is 7.24. The minimum absolute atomic E-state index is 0.0214. The van der Waals surface area contributed by atoms with Crippen LogP contribution < -0.4 is 4.74 Å². The van der Waals surface area contributed by atoms with Gasteiger partial charge in [0, 0.05) is 18.9 Å². The van der Waals surface area contributed by atoms with Crippen LogP contribution in [0.3, 0.4) is 0 Å². The number of carbonyl (C=O) groups is 1. The van der Waals surface area contributed by atoms with E-state index in [9.17, 15) is 4.79 Å². The summed E-state index contributed by atoms with van der Waals surface area (Å²) in [5.74, 6) is 0.493. The standard InChI is InChI=1S/C17H18N4O3/c22-17(12-6-8-19-20-10-12)21-11-14(16-13(21)4-3-9-23-16)24-15-5-1-2-7-18-15/h1-2,5-8,10,13-14,16H,3-4,9,11H2/t13-,14+,16+/m0/s1. The molecule has 2 aromatic rings. The summed E-state index contributed by atoms with van der Waals surface area (Å²) in [7, 11) is 0. The van der Waals surface area contributed by atoms with Crippen LogP contribution in [0, 0.1) is 0 Å². The second-order valence-electron chi connectivity index (χ2n) is 5.96. The zero-order chi connectivity index (χ0) is 16.4. The molecule has 0 radical (unpaired) electrons. The van der Waals surface area contributed by atoms with Crippen LogP contribution in [-0.4, -0.2) is 57.4 Å². The molecule has 2 fully saturated rings. The van der Waals surface area contributed by atoms with Crippen molar-refractivity contribution in [3.05, 3.63) is 48.4 Å². The van der Waals surface area contributed by atoms with Gasteiger partial charge in [0.1, 0.15) is 12.2 Å². The second-order valence-corrected chi connectivity index (χ2v) is 5.96. The van der Waals surface area contributed by atoms with Crippen molar-refractivity contribution in [2.75, 3.05) is 13.2 Å². The number of carbonyl (C=O) groups excluding carboxylic acids is 1. The van der Waals surface area contributed by atoms with Gasteiger partial charge in [0.25, 0.3) is 5.91 Å². The summed E-state index contributed by atoms with van der Waals surface area (Å²) in [5, 5.41) is 7.53. The van der Waals surface area contributed by atoms with Crippen LogP contribution in [0.25, 0.3) is 0 Å². The Hall–Kier alpha value is -2.54. The van der Waals surface area contributed by atoms with Crippen molar-refractivity contribution >= 4 is 5.91 Å². The molecule has 7 nitrogen and oxygen atoms in total. The van der Waals surface area contributed by atoms with Gasteiger partial charge >= 0.3 is 0 Å². The van der Waals surface area contributed by atoms with E-state index < -0.39 is 0 Å². The number of hydrogen-bond donors (Lipinski definition) is 0. The molecule has 3 atom stereocenters. The Morgan fingerprint density at radius 1 is 1.25 bits per heavy atom. The van der Waals surface area contributed by atoms with Gasteiger partial charge in [0.2, 0.25) is 5.88 Å². The van der Waals surface area contributed by atoms with Gasteiger partial charge in [-0.1, -0.05) is 6.07 Å². The first-order valence-corrected chi connectivity index (χ1v) is 8.10. The summed E-state index contributed by atoms with van der Waals surface area (Å²) < 4.78 is 11.9. The summed E-state index contributed by atoms with van der Waals surface area (Å²) in [6.07, 6.45) is 6.22. The van der Waals surface area contributed by atoms with Crippen LogP contribution in [-0.2, 0) is 4.74 Å². The number of hydrogen-bond acceptors (Lipinski definition) is 6. The summed E-state index contributed by atoms with van der Waals surface area (Å²) in [6.45, 7) is 1.18. The van der Waals surface area contributed by atoms with E-state index in [2.05, 4.69) is 15.2 Å². The first-order valence-electron chi connectivity index (χ1n) is 8.10. The monoisotopic (exact) mass is 326 g/mol. The van der Waals surface area contributed by atoms with Gasteiger partial charge in [-0.3, -0.25) is 4.79 Å². The molecule has 2 aliphatic heterocycles. The van der Waals surface area contributed by atoms with Crippen molar-refractivity contribution in [1.82, 2.24) is 20.1 Å². The molecule has 4 rings (SSSR count). The molecule has 0 N–H and O–H groups in total. The van der Waals surface area contributed by atoms with Crippen LogP contribution in [0.4, 0.5) is 0 Å². The average molecular weight is 326 g/mol. The van der Waals surface area contributed by atoms with Gasteiger partial charge in [-0.2, -0.15) is 10.2 Å². The molecular formula is C17H18N4O3. The summed E-state index contributed by atoms with van der Waals surface area (Å²) >= 11 is 0. The molecule has 2 aromatic heterocycles. The number of rotatable bonds is 3. The Bertz CT molecular complexity index is 697. The molecule has 1 amide bonds. The molecular weight excluding hydrogens is 308 g/mol. The van der Waals surface area contributed by atoms with Gasteiger partial charge in [-0.15, -0.1) is 0 Å². The number of ether oxygens (including phenoxy) is 2. The Morgan fingerprint density at radius 3 is 3.00 bits per heavy atom. The second kappa shape index (κ2) is 6.52. The van der Waals surface area contributed by atoms with E-state index in [1.807, 2.05) is 23.1 Å². The lowest BCUT2D eigenvalue weighted by atomic mass is 10.0. The summed E-state index contributed by atoms with van der Waals surface area (Å²) in [4.78, 5) is 18.9. The van der Waals surface area contributed by atoms with Gasteiger partial charge in [-0.25, -0.2) is 4.98 Å². The lowest BCUT2D eigenvalue weighted by molar-refractivity contribution is -0.0455. The van der Waals surface area contributed by atoms with E-state index in [4.69, 9.17) is 9.47 Å². The molecule has 4 heterocycles. The maximum Gasteiger partial charge on any atom is 0.256 e. The Kier molecular flexibility index (Phi) is 4.08. The minimum Gasteiger partial charge on any atom is -0.470 e. The highest BCUT2D eigenvalue weighted by molar-refractivity contribution is 5.94. The summed E-state index contributed by atoms with van der Waals surface area (Å²) in [5.41, 5.74) is 0.535. The maximum absolute atomic E-state index is 12.8. The van der Waals surface area contributed by atoms with E-state index in [1.165, 1.54) is 12.4 Å². The fourth-order valence-corrected chi connectivity index (χ4v) is 3.40. The molecule has 0 aliphatic carbocycles. The van der Waals surface area contributed by atoms with Gasteiger partial charge in [0.05, 0.1) is 30.5 Å². The normalized spacial score (nSPS) is 26.0. The maximum atomic E-state index is 12.8. The predicted octanol–water partition coefficient (Wildman–Crippen LogP) is 1.32. The molecule has 0 aromatic carbocycles. The largest absolute Gasteiger partial charge is 0.470 e. The molecule has 0 spiro atoms. The van der Waals surface area contributed by atoms with Gasteiger partial charge in [0.15, 0.2) is 0 Å². The Labute approximate surface area is 139 Å². The molecule has 2 aliphatic rings. The van der Waals surface area contributed by atoms with Crippen molar-refractivity contribution in [2.45, 2.75) is 31.1 Å². The SMILES string of the molecule is O=C(c1ccnnc1)N1C[C@@H](Oc2ccccn2)[C@@H]2OCCC[C@@H]21. The van der Waals surface area contributed by atoms with Crippen molar-refractivity contribution < 1.29 is 14.3 Å². The third kappa shape index (κ3) is 2.82. The van der Waals surface area contributed by atoms with Gasteiger partial charge < -0.3 is 14.4 Å². The van der Waals surface area contributed by atoms with Crippen LogP contribution >= 0.6 is 0 Å². The fraction of sp³-hybridized carbons (Fsp3) is 0.412. The molecule has 0 unspecified atom stereocenters. The molecule has 7 heteroatoms. The number of fused-ring (bicyclic) bond motifs is 1. The first kappa shape index (κ1) is 15.0. The zero-order valence-corrected chi connectivity index (χ0v) is 13.1. The average Bonchev–Trinajstić information content (AvgIpc) is 3.01. The topological polar surface area (TPSA) is 77.4 Å². The lowest BCUT2D eigenvalue weighted by Gasteiger charge is -2.31. The molecule has 24 heavy (non-hydrogen) atoms. The van der Waals surface area contributed by atoms with E-state index in [1.54, 1.807) is 12.3 Å². The molecule has 2 saturated heterocycles. The van der Waals surface area contributed by atoms with E-state index in [0.29, 0.717) is 24.6 Å². The molecule has 0 bridgehead atoms. The predicted molar refractivity (Wildman–Crippen MR) is 84.5 cm³/mol. The number of pyridine rings is 1. The molecule has 124 valence electrons. The van der Waals surface area contributed by atoms with E-state index >= 15 is 0 Å². The quantitative estimate of drug-likeness (QED) is 0.847. The van der Waals surface area contributed by atoms with Crippen molar-refractivity contribution in [1.29, 1.82) is 0 Å². The number of amides is 1. The Balaban J connectivity index is 1.56. The highest BCUT2D eigenvalue weighted by atomic mass is 16.5. The lowest BCUT2D eigenvalue weighted by Crippen LogP contribution is -2.44. The third-order valence-electron chi connectivity index (χ3n) is 4.48. The highest BCUT2D eigenvalue weighted by Crippen LogP contribution is 2.32. The van der Waals surface area contributed by atoms with Crippen LogP contribution in [0.1, 0.15) is 23.2 Å².